The number of likely N-dealkylation sites (tertiary alicyclic amines) is 1. The van der Waals surface area contributed by atoms with Gasteiger partial charge in [0.2, 0.25) is 11.8 Å². The number of nitrogens with zero attached hydrogens (tertiary/aromatic N) is 3. The molecule has 1 aromatic carbocycles. The van der Waals surface area contributed by atoms with Crippen LogP contribution in [-0.2, 0) is 30.5 Å². The standard InChI is InChI=1S/C22H25N5O7/c1-2-10-25(17(30)13-34-18(31)12-26-15(28)8-9-16(26)29)19-20(23)27(22(33)24-21(19)32)11-14-6-4-3-5-7-14/h3-7H,2,8-13,23H2,1H3,(H,24,32,33). The SMILES string of the molecule is CCCN(C(=O)COC(=O)CN1C(=O)CCC1=O)c1c(N)n(Cc2ccccc2)c(=O)[nH]c1=O. The molecule has 34 heavy (non-hydrogen) atoms. The number of imide groups is 1. The van der Waals surface area contributed by atoms with Gasteiger partial charge < -0.3 is 15.4 Å². The van der Waals surface area contributed by atoms with E-state index in [1.807, 2.05) is 6.07 Å². The second kappa shape index (κ2) is 10.6. The largest absolute Gasteiger partial charge is 0.454 e. The molecule has 3 N–H and O–H groups in total. The van der Waals surface area contributed by atoms with Gasteiger partial charge in [-0.3, -0.25) is 38.4 Å². The number of ether oxygens (including phenoxy) is 1. The summed E-state index contributed by atoms with van der Waals surface area (Å²) in [7, 11) is 0. The molecule has 2 aromatic rings. The number of carbonyl (C=O) groups excluding carboxylic acids is 4. The van der Waals surface area contributed by atoms with Crippen LogP contribution in [0.15, 0.2) is 39.9 Å². The highest BCUT2D eigenvalue weighted by atomic mass is 16.5. The molecule has 0 unspecified atom stereocenters. The fourth-order valence-corrected chi connectivity index (χ4v) is 3.54. The highest BCUT2D eigenvalue weighted by Gasteiger charge is 2.31. The molecule has 1 fully saturated rings. The Bertz CT molecular complexity index is 1200. The smallest absolute Gasteiger partial charge is 0.330 e. The average Bonchev–Trinajstić information content (AvgIpc) is 3.12. The maximum atomic E-state index is 12.9. The quantitative estimate of drug-likeness (QED) is 0.368. The molecular formula is C22H25N5O7. The van der Waals surface area contributed by atoms with Crippen LogP contribution >= 0.6 is 0 Å². The first-order valence-electron chi connectivity index (χ1n) is 10.7. The zero-order chi connectivity index (χ0) is 24.8. The van der Waals surface area contributed by atoms with Crippen molar-refractivity contribution >= 4 is 35.2 Å². The molecule has 180 valence electrons. The summed E-state index contributed by atoms with van der Waals surface area (Å²) in [5.74, 6) is -2.87. The molecule has 0 radical (unpaired) electrons. The van der Waals surface area contributed by atoms with Crippen molar-refractivity contribution in [1.29, 1.82) is 0 Å². The highest BCUT2D eigenvalue weighted by molar-refractivity contribution is 6.04. The van der Waals surface area contributed by atoms with Gasteiger partial charge in [0.15, 0.2) is 12.3 Å². The Morgan fingerprint density at radius 1 is 1.09 bits per heavy atom. The summed E-state index contributed by atoms with van der Waals surface area (Å²) in [6.45, 7) is 0.559. The average molecular weight is 471 g/mol. The number of nitrogen functional groups attached to an aromatic ring is 1. The number of benzene rings is 1. The predicted molar refractivity (Wildman–Crippen MR) is 121 cm³/mol. The molecule has 0 atom stereocenters. The monoisotopic (exact) mass is 471 g/mol. The molecule has 0 spiro atoms. The number of anilines is 2. The molecule has 2 heterocycles. The lowest BCUT2D eigenvalue weighted by molar-refractivity contribution is -0.154. The molecule has 0 aliphatic carbocycles. The first-order valence-corrected chi connectivity index (χ1v) is 10.7. The third-order valence-electron chi connectivity index (χ3n) is 5.21. The van der Waals surface area contributed by atoms with Crippen LogP contribution in [0.3, 0.4) is 0 Å². The summed E-state index contributed by atoms with van der Waals surface area (Å²) >= 11 is 0. The van der Waals surface area contributed by atoms with Crippen molar-refractivity contribution in [2.45, 2.75) is 32.7 Å². The van der Waals surface area contributed by atoms with E-state index in [9.17, 15) is 28.8 Å². The topological polar surface area (TPSA) is 165 Å². The van der Waals surface area contributed by atoms with E-state index in [0.717, 1.165) is 19.9 Å². The number of nitrogens with two attached hydrogens (primary N) is 1. The van der Waals surface area contributed by atoms with Gasteiger partial charge in [-0.1, -0.05) is 37.3 Å². The third kappa shape index (κ3) is 5.39. The van der Waals surface area contributed by atoms with Crippen LogP contribution in [0.5, 0.6) is 0 Å². The first-order chi connectivity index (χ1) is 16.2. The molecular weight excluding hydrogens is 446 g/mol. The van der Waals surface area contributed by atoms with Crippen molar-refractivity contribution in [3.8, 4) is 0 Å². The number of carbonyl (C=O) groups is 4. The van der Waals surface area contributed by atoms with Crippen LogP contribution in [0.4, 0.5) is 11.5 Å². The molecule has 0 bridgehead atoms. The van der Waals surface area contributed by atoms with Crippen LogP contribution in [0.25, 0.3) is 0 Å². The van der Waals surface area contributed by atoms with Crippen molar-refractivity contribution in [1.82, 2.24) is 14.5 Å². The second-order valence-corrected chi connectivity index (χ2v) is 7.64. The Morgan fingerprint density at radius 2 is 1.74 bits per heavy atom. The van der Waals surface area contributed by atoms with Gasteiger partial charge in [0.1, 0.15) is 12.4 Å². The molecule has 1 aliphatic rings. The summed E-state index contributed by atoms with van der Waals surface area (Å²) in [5, 5.41) is 0. The fraction of sp³-hybridized carbons (Fsp3) is 0.364. The van der Waals surface area contributed by atoms with Gasteiger partial charge in [-0.05, 0) is 12.0 Å². The fourth-order valence-electron chi connectivity index (χ4n) is 3.54. The number of H-pyrrole nitrogens is 1. The molecule has 0 saturated carbocycles. The number of hydrogen-bond acceptors (Lipinski definition) is 8. The van der Waals surface area contributed by atoms with E-state index in [0.29, 0.717) is 6.42 Å². The van der Waals surface area contributed by atoms with E-state index in [2.05, 4.69) is 4.98 Å². The number of nitrogens with one attached hydrogen (secondary N) is 1. The molecule has 1 aromatic heterocycles. The number of aromatic amines is 1. The summed E-state index contributed by atoms with van der Waals surface area (Å²) in [6.07, 6.45) is 0.485. The van der Waals surface area contributed by atoms with Gasteiger partial charge in [0.25, 0.3) is 11.5 Å². The minimum absolute atomic E-state index is 0.0239. The first kappa shape index (κ1) is 24.4. The zero-order valence-corrected chi connectivity index (χ0v) is 18.6. The van der Waals surface area contributed by atoms with Crippen molar-refractivity contribution in [2.24, 2.45) is 0 Å². The number of amides is 3. The molecule has 1 aliphatic heterocycles. The van der Waals surface area contributed by atoms with Gasteiger partial charge >= 0.3 is 11.7 Å². The Labute approximate surface area is 193 Å². The summed E-state index contributed by atoms with van der Waals surface area (Å²) in [6, 6.07) is 8.94. The molecule has 3 rings (SSSR count). The number of hydrogen-bond donors (Lipinski definition) is 2. The molecule has 3 amide bonds. The lowest BCUT2D eigenvalue weighted by Gasteiger charge is -2.24. The van der Waals surface area contributed by atoms with Gasteiger partial charge in [0, 0.05) is 19.4 Å². The van der Waals surface area contributed by atoms with E-state index in [1.54, 1.807) is 31.2 Å². The van der Waals surface area contributed by atoms with E-state index < -0.39 is 48.1 Å². The van der Waals surface area contributed by atoms with Gasteiger partial charge in [-0.15, -0.1) is 0 Å². The Kier molecular flexibility index (Phi) is 7.61. The van der Waals surface area contributed by atoms with Crippen LogP contribution in [0, 0.1) is 0 Å². The lowest BCUT2D eigenvalue weighted by Crippen LogP contribution is -2.43. The summed E-state index contributed by atoms with van der Waals surface area (Å²) in [5.41, 5.74) is 5.09. The number of aromatic nitrogens is 2. The van der Waals surface area contributed by atoms with Gasteiger partial charge in [-0.2, -0.15) is 0 Å². The van der Waals surface area contributed by atoms with Crippen molar-refractivity contribution < 1.29 is 23.9 Å². The van der Waals surface area contributed by atoms with Crippen molar-refractivity contribution in [3.63, 3.8) is 0 Å². The Hall–Kier alpha value is -4.22. The Morgan fingerprint density at radius 3 is 2.35 bits per heavy atom. The van der Waals surface area contributed by atoms with E-state index in [1.165, 1.54) is 0 Å². The maximum Gasteiger partial charge on any atom is 0.330 e. The third-order valence-corrected chi connectivity index (χ3v) is 5.21. The predicted octanol–water partition coefficient (Wildman–Crippen LogP) is -0.398. The maximum absolute atomic E-state index is 12.9. The van der Waals surface area contributed by atoms with Crippen LogP contribution in [-0.4, -0.2) is 57.8 Å². The minimum atomic E-state index is -0.940. The van der Waals surface area contributed by atoms with Crippen LogP contribution in [0.1, 0.15) is 31.7 Å². The van der Waals surface area contributed by atoms with E-state index >= 15 is 0 Å². The summed E-state index contributed by atoms with van der Waals surface area (Å²) in [4.78, 5) is 77.2. The normalized spacial score (nSPS) is 13.3. The minimum Gasteiger partial charge on any atom is -0.454 e. The van der Waals surface area contributed by atoms with Crippen molar-refractivity contribution in [3.05, 3.63) is 56.7 Å². The Balaban J connectivity index is 1.80. The zero-order valence-electron chi connectivity index (χ0n) is 18.6. The van der Waals surface area contributed by atoms with Gasteiger partial charge in [0.05, 0.1) is 6.54 Å². The van der Waals surface area contributed by atoms with Gasteiger partial charge in [-0.25, -0.2) is 4.79 Å². The lowest BCUT2D eigenvalue weighted by atomic mass is 10.2. The number of rotatable bonds is 9. The molecule has 12 heteroatoms. The van der Waals surface area contributed by atoms with Crippen LogP contribution in [0.2, 0.25) is 0 Å². The van der Waals surface area contributed by atoms with Crippen molar-refractivity contribution in [2.75, 3.05) is 30.3 Å². The summed E-state index contributed by atoms with van der Waals surface area (Å²) < 4.78 is 6.08. The van der Waals surface area contributed by atoms with Crippen LogP contribution < -0.4 is 21.9 Å². The second-order valence-electron chi connectivity index (χ2n) is 7.64. The molecule has 1 saturated heterocycles. The molecule has 12 nitrogen and oxygen atoms in total. The van der Waals surface area contributed by atoms with E-state index in [-0.39, 0.29) is 37.4 Å². The number of esters is 1. The van der Waals surface area contributed by atoms with E-state index in [4.69, 9.17) is 10.5 Å². The highest BCUT2D eigenvalue weighted by Crippen LogP contribution is 2.19.